The van der Waals surface area contributed by atoms with Gasteiger partial charge in [0.05, 0.1) is 6.26 Å². The van der Waals surface area contributed by atoms with Crippen LogP contribution in [0, 0.1) is 5.41 Å². The van der Waals surface area contributed by atoms with E-state index in [1.165, 1.54) is 5.56 Å². The van der Waals surface area contributed by atoms with Crippen LogP contribution in [0.3, 0.4) is 0 Å². The van der Waals surface area contributed by atoms with Crippen molar-refractivity contribution in [3.05, 3.63) is 22.6 Å². The molecule has 1 aromatic rings. The van der Waals surface area contributed by atoms with Gasteiger partial charge in [-0.3, -0.25) is 0 Å². The summed E-state index contributed by atoms with van der Waals surface area (Å²) in [6.07, 6.45) is 1.70. The fourth-order valence-electron chi connectivity index (χ4n) is 1.57. The van der Waals surface area contributed by atoms with E-state index in [1.54, 1.807) is 6.26 Å². The van der Waals surface area contributed by atoms with Crippen LogP contribution in [-0.4, -0.2) is 7.05 Å². The van der Waals surface area contributed by atoms with Gasteiger partial charge < -0.3 is 9.73 Å². The fourth-order valence-corrected chi connectivity index (χ4v) is 2.03. The smallest absolute Gasteiger partial charge is 0.173 e. The SMILES string of the molecule is CNC(c1ccoc1Br)C(C)(C)C. The predicted octanol–water partition coefficient (Wildman–Crippen LogP) is 3.35. The second kappa shape index (κ2) is 3.84. The molecule has 0 aliphatic heterocycles. The van der Waals surface area contributed by atoms with Gasteiger partial charge in [0.2, 0.25) is 0 Å². The highest BCUT2D eigenvalue weighted by Gasteiger charge is 2.27. The third-order valence-electron chi connectivity index (χ3n) is 2.11. The molecule has 0 bridgehead atoms. The van der Waals surface area contributed by atoms with Crippen LogP contribution in [-0.2, 0) is 0 Å². The summed E-state index contributed by atoms with van der Waals surface area (Å²) < 4.78 is 6.04. The average Bonchev–Trinajstić information content (AvgIpc) is 2.35. The standard InChI is InChI=1S/C10H16BrNO/c1-10(2,3)8(12-4)7-5-6-13-9(7)11/h5-6,8,12H,1-4H3. The van der Waals surface area contributed by atoms with Gasteiger partial charge in [0, 0.05) is 11.6 Å². The number of hydrogen-bond donors (Lipinski definition) is 1. The molecule has 1 N–H and O–H groups in total. The number of nitrogens with one attached hydrogen (secondary N) is 1. The Morgan fingerprint density at radius 1 is 1.46 bits per heavy atom. The van der Waals surface area contributed by atoms with Crippen LogP contribution < -0.4 is 5.32 Å². The lowest BCUT2D eigenvalue weighted by Crippen LogP contribution is -2.29. The lowest BCUT2D eigenvalue weighted by atomic mass is 9.83. The maximum absolute atomic E-state index is 5.22. The van der Waals surface area contributed by atoms with Gasteiger partial charge in [-0.15, -0.1) is 0 Å². The Hall–Kier alpha value is -0.280. The molecule has 0 aliphatic carbocycles. The van der Waals surface area contributed by atoms with E-state index in [4.69, 9.17) is 4.42 Å². The summed E-state index contributed by atoms with van der Waals surface area (Å²) >= 11 is 3.39. The summed E-state index contributed by atoms with van der Waals surface area (Å²) in [7, 11) is 1.97. The molecule has 1 atom stereocenters. The van der Waals surface area contributed by atoms with E-state index in [-0.39, 0.29) is 5.41 Å². The summed E-state index contributed by atoms with van der Waals surface area (Å²) in [4.78, 5) is 0. The van der Waals surface area contributed by atoms with Crippen LogP contribution >= 0.6 is 15.9 Å². The minimum Gasteiger partial charge on any atom is -0.457 e. The molecule has 0 saturated carbocycles. The zero-order valence-corrected chi connectivity index (χ0v) is 10.1. The zero-order chi connectivity index (χ0) is 10.1. The quantitative estimate of drug-likeness (QED) is 0.865. The Morgan fingerprint density at radius 2 is 2.08 bits per heavy atom. The molecule has 74 valence electrons. The van der Waals surface area contributed by atoms with E-state index in [1.807, 2.05) is 13.1 Å². The van der Waals surface area contributed by atoms with E-state index < -0.39 is 0 Å². The Morgan fingerprint density at radius 3 is 2.38 bits per heavy atom. The molecule has 0 spiro atoms. The van der Waals surface area contributed by atoms with Crippen molar-refractivity contribution < 1.29 is 4.42 Å². The van der Waals surface area contributed by atoms with E-state index in [2.05, 4.69) is 42.0 Å². The van der Waals surface area contributed by atoms with Crippen LogP contribution in [0.4, 0.5) is 0 Å². The van der Waals surface area contributed by atoms with E-state index >= 15 is 0 Å². The highest BCUT2D eigenvalue weighted by Crippen LogP contribution is 2.36. The maximum Gasteiger partial charge on any atom is 0.173 e. The van der Waals surface area contributed by atoms with Crippen LogP contribution in [0.5, 0.6) is 0 Å². The topological polar surface area (TPSA) is 25.2 Å². The maximum atomic E-state index is 5.22. The number of hydrogen-bond acceptors (Lipinski definition) is 2. The Kier molecular flexibility index (Phi) is 3.19. The van der Waals surface area contributed by atoms with Crippen molar-refractivity contribution in [2.75, 3.05) is 7.05 Å². The van der Waals surface area contributed by atoms with Crippen molar-refractivity contribution in [2.45, 2.75) is 26.8 Å². The van der Waals surface area contributed by atoms with Crippen LogP contribution in [0.15, 0.2) is 21.4 Å². The fraction of sp³-hybridized carbons (Fsp3) is 0.600. The first kappa shape index (κ1) is 10.8. The molecule has 0 amide bonds. The largest absolute Gasteiger partial charge is 0.457 e. The predicted molar refractivity (Wildman–Crippen MR) is 57.7 cm³/mol. The Balaban J connectivity index is 2.98. The third-order valence-corrected chi connectivity index (χ3v) is 2.76. The first-order chi connectivity index (χ1) is 5.96. The van der Waals surface area contributed by atoms with Crippen molar-refractivity contribution in [1.82, 2.24) is 5.32 Å². The van der Waals surface area contributed by atoms with Gasteiger partial charge in [-0.1, -0.05) is 20.8 Å². The number of furan rings is 1. The van der Waals surface area contributed by atoms with Gasteiger partial charge in [-0.25, -0.2) is 0 Å². The van der Waals surface area contributed by atoms with Gasteiger partial charge in [0.15, 0.2) is 4.67 Å². The van der Waals surface area contributed by atoms with E-state index in [9.17, 15) is 0 Å². The van der Waals surface area contributed by atoms with Crippen molar-refractivity contribution in [3.8, 4) is 0 Å². The number of halogens is 1. The van der Waals surface area contributed by atoms with Gasteiger partial charge in [0.25, 0.3) is 0 Å². The van der Waals surface area contributed by atoms with Gasteiger partial charge in [-0.05, 0) is 34.5 Å². The Labute approximate surface area is 87.8 Å². The molecule has 1 aromatic heterocycles. The second-order valence-corrected chi connectivity index (χ2v) is 4.96. The van der Waals surface area contributed by atoms with Crippen molar-refractivity contribution in [3.63, 3.8) is 0 Å². The molecule has 0 fully saturated rings. The molecule has 0 radical (unpaired) electrons. The van der Waals surface area contributed by atoms with E-state index in [0.717, 1.165) is 4.67 Å². The summed E-state index contributed by atoms with van der Waals surface area (Å²) in [5.74, 6) is 0. The van der Waals surface area contributed by atoms with Gasteiger partial charge in [0.1, 0.15) is 0 Å². The zero-order valence-electron chi connectivity index (χ0n) is 8.52. The highest BCUT2D eigenvalue weighted by molar-refractivity contribution is 9.10. The minimum absolute atomic E-state index is 0.182. The Bertz CT molecular complexity index is 275. The normalized spacial score (nSPS) is 14.5. The van der Waals surface area contributed by atoms with E-state index in [0.29, 0.717) is 6.04 Å². The molecule has 3 heteroatoms. The lowest BCUT2D eigenvalue weighted by molar-refractivity contribution is 0.284. The summed E-state index contributed by atoms with van der Waals surface area (Å²) in [6, 6.07) is 2.30. The number of rotatable bonds is 2. The molecule has 1 rings (SSSR count). The highest BCUT2D eigenvalue weighted by atomic mass is 79.9. The molecule has 1 heterocycles. The molecular weight excluding hydrogens is 230 g/mol. The van der Waals surface area contributed by atoms with Gasteiger partial charge in [-0.2, -0.15) is 0 Å². The summed E-state index contributed by atoms with van der Waals surface area (Å²) in [5, 5.41) is 3.30. The third kappa shape index (κ3) is 2.35. The first-order valence-electron chi connectivity index (χ1n) is 4.37. The van der Waals surface area contributed by atoms with Gasteiger partial charge >= 0.3 is 0 Å². The van der Waals surface area contributed by atoms with Crippen LogP contribution in [0.2, 0.25) is 0 Å². The van der Waals surface area contributed by atoms with Crippen LogP contribution in [0.1, 0.15) is 32.4 Å². The molecule has 0 saturated heterocycles. The average molecular weight is 246 g/mol. The molecule has 2 nitrogen and oxygen atoms in total. The lowest BCUT2D eigenvalue weighted by Gasteiger charge is -2.29. The minimum atomic E-state index is 0.182. The first-order valence-corrected chi connectivity index (χ1v) is 5.16. The molecule has 1 unspecified atom stereocenters. The van der Waals surface area contributed by atoms with Crippen molar-refractivity contribution >= 4 is 15.9 Å². The summed E-state index contributed by atoms with van der Waals surface area (Å²) in [6.45, 7) is 6.61. The van der Waals surface area contributed by atoms with Crippen molar-refractivity contribution in [1.29, 1.82) is 0 Å². The molecule has 0 aliphatic rings. The summed E-state index contributed by atoms with van der Waals surface area (Å²) in [5.41, 5.74) is 1.36. The molecule has 0 aromatic carbocycles. The second-order valence-electron chi connectivity index (χ2n) is 4.24. The van der Waals surface area contributed by atoms with Crippen molar-refractivity contribution in [2.24, 2.45) is 5.41 Å². The monoisotopic (exact) mass is 245 g/mol. The molecular formula is C10H16BrNO. The van der Waals surface area contributed by atoms with Crippen LogP contribution in [0.25, 0.3) is 0 Å². The molecule has 13 heavy (non-hydrogen) atoms.